The third kappa shape index (κ3) is 3.66. The van der Waals surface area contributed by atoms with E-state index in [0.29, 0.717) is 23.6 Å². The van der Waals surface area contributed by atoms with Gasteiger partial charge in [0.15, 0.2) is 5.75 Å². The lowest BCUT2D eigenvalue weighted by atomic mass is 9.89. The van der Waals surface area contributed by atoms with Gasteiger partial charge < -0.3 is 15.2 Å². The molecule has 1 amide bonds. The topological polar surface area (TPSA) is 78.9 Å². The number of aliphatic carboxylic acids is 1. The van der Waals surface area contributed by atoms with Crippen molar-refractivity contribution < 1.29 is 19.4 Å². The number of amides is 1. The summed E-state index contributed by atoms with van der Waals surface area (Å²) in [6, 6.07) is 16.9. The number of fused-ring (bicyclic) bond motifs is 2. The molecule has 2 aromatic rings. The Labute approximate surface area is 157 Å². The van der Waals surface area contributed by atoms with Crippen LogP contribution in [0.1, 0.15) is 19.3 Å². The molecule has 0 spiro atoms. The maximum Gasteiger partial charge on any atom is 0.308 e. The molecule has 3 atom stereocenters. The van der Waals surface area contributed by atoms with E-state index in [1.807, 2.05) is 48.5 Å². The third-order valence-corrected chi connectivity index (χ3v) is 5.46. The number of carboxylic acid groups (broad SMARTS) is 1. The second-order valence-corrected chi connectivity index (χ2v) is 7.11. The predicted molar refractivity (Wildman–Crippen MR) is 101 cm³/mol. The van der Waals surface area contributed by atoms with Crippen LogP contribution in [0.3, 0.4) is 0 Å². The lowest BCUT2D eigenvalue weighted by Crippen LogP contribution is -2.38. The number of rotatable bonds is 6. The van der Waals surface area contributed by atoms with Crippen LogP contribution in [0.4, 0.5) is 5.69 Å². The number of benzene rings is 2. The summed E-state index contributed by atoms with van der Waals surface area (Å²) in [4.78, 5) is 26.1. The minimum atomic E-state index is -0.755. The molecular weight excluding hydrogens is 344 g/mol. The fraction of sp³-hybridized carbons (Fsp3) is 0.333. The van der Waals surface area contributed by atoms with Gasteiger partial charge in [-0.2, -0.15) is 0 Å². The monoisotopic (exact) mass is 366 g/mol. The first-order chi connectivity index (χ1) is 13.1. The highest BCUT2D eigenvalue weighted by Gasteiger charge is 2.49. The molecule has 2 fully saturated rings. The average Bonchev–Trinajstić information content (AvgIpc) is 3.21. The van der Waals surface area contributed by atoms with Crippen molar-refractivity contribution in [1.29, 1.82) is 0 Å². The van der Waals surface area contributed by atoms with Gasteiger partial charge in [-0.05, 0) is 43.5 Å². The minimum Gasteiger partial charge on any atom is -0.481 e. The number of hydrogen-bond acceptors (Lipinski definition) is 4. The van der Waals surface area contributed by atoms with E-state index in [1.165, 1.54) is 0 Å². The van der Waals surface area contributed by atoms with Crippen molar-refractivity contribution in [1.82, 2.24) is 4.90 Å². The smallest absolute Gasteiger partial charge is 0.308 e. The molecule has 2 aliphatic rings. The normalized spacial score (nSPS) is 23.9. The van der Waals surface area contributed by atoms with Crippen molar-refractivity contribution in [3.63, 3.8) is 0 Å². The maximum absolute atomic E-state index is 12.6. The van der Waals surface area contributed by atoms with E-state index in [2.05, 4.69) is 10.2 Å². The summed E-state index contributed by atoms with van der Waals surface area (Å²) in [7, 11) is 0. The first-order valence-electron chi connectivity index (χ1n) is 9.22. The molecule has 2 heterocycles. The summed E-state index contributed by atoms with van der Waals surface area (Å²) in [5.74, 6) is 0.00691. The highest BCUT2D eigenvalue weighted by Crippen LogP contribution is 2.41. The summed E-state index contributed by atoms with van der Waals surface area (Å²) in [6.45, 7) is 0.207. The molecule has 2 N–H and O–H groups in total. The number of carbonyl (C=O) groups excluding carboxylic acids is 1. The van der Waals surface area contributed by atoms with Gasteiger partial charge in [0, 0.05) is 12.1 Å². The largest absolute Gasteiger partial charge is 0.481 e. The molecule has 6 heteroatoms. The number of ether oxygens (including phenoxy) is 1. The van der Waals surface area contributed by atoms with Gasteiger partial charge in [0.2, 0.25) is 5.91 Å². The first-order valence-corrected chi connectivity index (χ1v) is 9.22. The zero-order chi connectivity index (χ0) is 18.8. The zero-order valence-electron chi connectivity index (χ0n) is 14.9. The van der Waals surface area contributed by atoms with Gasteiger partial charge in [0.1, 0.15) is 5.75 Å². The molecule has 3 unspecified atom stereocenters. The number of para-hydroxylation sites is 3. The number of hydrogen-bond donors (Lipinski definition) is 2. The van der Waals surface area contributed by atoms with Crippen LogP contribution in [0.15, 0.2) is 54.6 Å². The Morgan fingerprint density at radius 2 is 1.81 bits per heavy atom. The van der Waals surface area contributed by atoms with Gasteiger partial charge in [0.25, 0.3) is 0 Å². The molecule has 0 aromatic heterocycles. The summed E-state index contributed by atoms with van der Waals surface area (Å²) in [5, 5.41) is 12.3. The summed E-state index contributed by atoms with van der Waals surface area (Å²) in [5.41, 5.74) is 0.604. The van der Waals surface area contributed by atoms with Crippen molar-refractivity contribution in [2.24, 2.45) is 5.92 Å². The summed E-state index contributed by atoms with van der Waals surface area (Å²) in [6.07, 6.45) is 2.46. The highest BCUT2D eigenvalue weighted by atomic mass is 16.5. The van der Waals surface area contributed by atoms with Crippen molar-refractivity contribution in [2.45, 2.75) is 31.3 Å². The van der Waals surface area contributed by atoms with Crippen molar-refractivity contribution in [2.75, 3.05) is 11.9 Å². The standard InChI is InChI=1S/C21H22N2O4/c24-20(13-23-14-10-11-18(23)16(12-14)21(25)26)22-17-8-4-5-9-19(17)27-15-6-2-1-3-7-15/h1-9,14,16,18H,10-13H2,(H,22,24)(H,25,26). The molecular formula is C21H22N2O4. The van der Waals surface area contributed by atoms with E-state index >= 15 is 0 Å². The van der Waals surface area contributed by atoms with Gasteiger partial charge in [-0.15, -0.1) is 0 Å². The van der Waals surface area contributed by atoms with E-state index < -0.39 is 5.97 Å². The predicted octanol–water partition coefficient (Wildman–Crippen LogP) is 3.35. The van der Waals surface area contributed by atoms with Gasteiger partial charge >= 0.3 is 5.97 Å². The number of nitrogens with one attached hydrogen (secondary N) is 1. The van der Waals surface area contributed by atoms with Crippen molar-refractivity contribution in [3.05, 3.63) is 54.6 Å². The SMILES string of the molecule is O=C(CN1C2CCC1C(C(=O)O)C2)Nc1ccccc1Oc1ccccc1. The highest BCUT2D eigenvalue weighted by molar-refractivity contribution is 5.94. The van der Waals surface area contributed by atoms with Crippen LogP contribution in [0.25, 0.3) is 0 Å². The second-order valence-electron chi connectivity index (χ2n) is 7.11. The molecule has 2 bridgehead atoms. The Bertz CT molecular complexity index is 839. The number of nitrogens with zero attached hydrogens (tertiary/aromatic N) is 1. The van der Waals surface area contributed by atoms with E-state index in [9.17, 15) is 14.7 Å². The lowest BCUT2D eigenvalue weighted by Gasteiger charge is -2.22. The van der Waals surface area contributed by atoms with Gasteiger partial charge in [-0.3, -0.25) is 14.5 Å². The molecule has 0 saturated carbocycles. The van der Waals surface area contributed by atoms with Crippen LogP contribution in [0, 0.1) is 5.92 Å². The van der Waals surface area contributed by atoms with E-state index in [4.69, 9.17) is 4.74 Å². The fourth-order valence-corrected chi connectivity index (χ4v) is 4.24. The molecule has 0 radical (unpaired) electrons. The van der Waals surface area contributed by atoms with E-state index in [-0.39, 0.29) is 30.5 Å². The quantitative estimate of drug-likeness (QED) is 0.820. The average molecular weight is 366 g/mol. The summed E-state index contributed by atoms with van der Waals surface area (Å²) >= 11 is 0. The molecule has 27 heavy (non-hydrogen) atoms. The molecule has 2 aromatic carbocycles. The molecule has 4 rings (SSSR count). The Hall–Kier alpha value is -2.86. The molecule has 2 aliphatic heterocycles. The van der Waals surface area contributed by atoms with Gasteiger partial charge in [-0.1, -0.05) is 30.3 Å². The Kier molecular flexibility index (Phi) is 4.81. The van der Waals surface area contributed by atoms with E-state index in [1.54, 1.807) is 6.07 Å². The van der Waals surface area contributed by atoms with Crippen molar-refractivity contribution in [3.8, 4) is 11.5 Å². The minimum absolute atomic E-state index is 0.0333. The molecule has 2 saturated heterocycles. The van der Waals surface area contributed by atoms with Crippen LogP contribution < -0.4 is 10.1 Å². The number of carboxylic acids is 1. The van der Waals surface area contributed by atoms with Crippen LogP contribution in [0.5, 0.6) is 11.5 Å². The Morgan fingerprint density at radius 1 is 1.07 bits per heavy atom. The third-order valence-electron chi connectivity index (χ3n) is 5.46. The first kappa shape index (κ1) is 17.5. The second kappa shape index (κ2) is 7.40. The molecule has 140 valence electrons. The fourth-order valence-electron chi connectivity index (χ4n) is 4.24. The van der Waals surface area contributed by atoms with Crippen LogP contribution in [0.2, 0.25) is 0 Å². The Balaban J connectivity index is 1.43. The Morgan fingerprint density at radius 3 is 2.56 bits per heavy atom. The van der Waals surface area contributed by atoms with Gasteiger partial charge in [0.05, 0.1) is 18.2 Å². The summed E-state index contributed by atoms with van der Waals surface area (Å²) < 4.78 is 5.88. The number of anilines is 1. The lowest BCUT2D eigenvalue weighted by molar-refractivity contribution is -0.142. The van der Waals surface area contributed by atoms with Crippen LogP contribution in [-0.2, 0) is 9.59 Å². The zero-order valence-corrected chi connectivity index (χ0v) is 14.9. The molecule has 6 nitrogen and oxygen atoms in total. The molecule has 0 aliphatic carbocycles. The van der Waals surface area contributed by atoms with E-state index in [0.717, 1.165) is 12.8 Å². The van der Waals surface area contributed by atoms with Crippen LogP contribution in [-0.4, -0.2) is 40.5 Å². The van der Waals surface area contributed by atoms with Crippen molar-refractivity contribution >= 4 is 17.6 Å². The van der Waals surface area contributed by atoms with Crippen LogP contribution >= 0.6 is 0 Å². The maximum atomic E-state index is 12.6. The number of carbonyl (C=O) groups is 2. The van der Waals surface area contributed by atoms with Gasteiger partial charge in [-0.25, -0.2) is 0 Å².